The Balaban J connectivity index is 2.10. The van der Waals surface area contributed by atoms with Crippen molar-refractivity contribution < 1.29 is 4.79 Å². The second kappa shape index (κ2) is 6.62. The molecule has 0 radical (unpaired) electrons. The standard InChI is InChI=1S/C18H14BrN3O/c19-15-9-6-13(7-10-15)18-14(8-11-17(20)23)12-22(21-18)16-4-2-1-3-5-16/h1-12H,(H2,20,23)/b11-8-. The van der Waals surface area contributed by atoms with Crippen molar-refractivity contribution in [2.45, 2.75) is 0 Å². The topological polar surface area (TPSA) is 60.9 Å². The molecule has 2 N–H and O–H groups in total. The van der Waals surface area contributed by atoms with E-state index in [0.717, 1.165) is 27.0 Å². The van der Waals surface area contributed by atoms with Crippen LogP contribution in [0.2, 0.25) is 0 Å². The first-order chi connectivity index (χ1) is 11.1. The molecule has 0 saturated carbocycles. The lowest BCUT2D eigenvalue weighted by Gasteiger charge is -2.00. The molecule has 0 aliphatic rings. The van der Waals surface area contributed by atoms with Crippen LogP contribution in [-0.2, 0) is 4.79 Å². The van der Waals surface area contributed by atoms with Crippen molar-refractivity contribution in [2.75, 3.05) is 0 Å². The highest BCUT2D eigenvalue weighted by atomic mass is 79.9. The molecule has 3 rings (SSSR count). The molecule has 0 atom stereocenters. The molecule has 0 bridgehead atoms. The van der Waals surface area contributed by atoms with Gasteiger partial charge in [0.1, 0.15) is 0 Å². The van der Waals surface area contributed by atoms with Crippen LogP contribution in [0.4, 0.5) is 0 Å². The molecule has 114 valence electrons. The monoisotopic (exact) mass is 367 g/mol. The van der Waals surface area contributed by atoms with Crippen LogP contribution >= 0.6 is 15.9 Å². The Bertz CT molecular complexity index is 852. The van der Waals surface area contributed by atoms with E-state index in [1.54, 1.807) is 10.8 Å². The summed E-state index contributed by atoms with van der Waals surface area (Å²) in [5.41, 5.74) is 8.74. The number of para-hydroxylation sites is 1. The third-order valence-electron chi connectivity index (χ3n) is 3.31. The van der Waals surface area contributed by atoms with Gasteiger partial charge in [0.05, 0.1) is 11.4 Å². The van der Waals surface area contributed by atoms with E-state index in [1.807, 2.05) is 60.8 Å². The summed E-state index contributed by atoms with van der Waals surface area (Å²) in [5, 5.41) is 4.66. The Labute approximate surface area is 142 Å². The van der Waals surface area contributed by atoms with Crippen LogP contribution in [-0.4, -0.2) is 15.7 Å². The number of carbonyl (C=O) groups excluding carboxylic acids is 1. The Hall–Kier alpha value is -2.66. The van der Waals surface area contributed by atoms with Crippen LogP contribution in [0.5, 0.6) is 0 Å². The number of carbonyl (C=O) groups is 1. The number of nitrogens with zero attached hydrogens (tertiary/aromatic N) is 2. The zero-order valence-corrected chi connectivity index (χ0v) is 13.8. The second-order valence-corrected chi connectivity index (χ2v) is 5.87. The molecular weight excluding hydrogens is 354 g/mol. The number of halogens is 1. The van der Waals surface area contributed by atoms with Crippen LogP contribution in [0.3, 0.4) is 0 Å². The molecule has 5 heteroatoms. The quantitative estimate of drug-likeness (QED) is 0.712. The second-order valence-electron chi connectivity index (χ2n) is 4.96. The van der Waals surface area contributed by atoms with E-state index in [2.05, 4.69) is 21.0 Å². The van der Waals surface area contributed by atoms with Gasteiger partial charge in [-0.2, -0.15) is 5.10 Å². The fourth-order valence-electron chi connectivity index (χ4n) is 2.23. The number of aromatic nitrogens is 2. The van der Waals surface area contributed by atoms with E-state index >= 15 is 0 Å². The molecule has 3 aromatic rings. The lowest BCUT2D eigenvalue weighted by molar-refractivity contribution is -0.113. The summed E-state index contributed by atoms with van der Waals surface area (Å²) < 4.78 is 2.79. The first kappa shape index (κ1) is 15.2. The van der Waals surface area contributed by atoms with Crippen molar-refractivity contribution >= 4 is 27.9 Å². The predicted molar refractivity (Wildman–Crippen MR) is 94.9 cm³/mol. The van der Waals surface area contributed by atoms with Gasteiger partial charge in [-0.25, -0.2) is 4.68 Å². The average Bonchev–Trinajstić information content (AvgIpc) is 2.99. The summed E-state index contributed by atoms with van der Waals surface area (Å²) >= 11 is 3.43. The number of rotatable bonds is 4. The van der Waals surface area contributed by atoms with E-state index in [4.69, 9.17) is 5.73 Å². The molecule has 0 aliphatic carbocycles. The fourth-order valence-corrected chi connectivity index (χ4v) is 2.49. The van der Waals surface area contributed by atoms with Gasteiger partial charge in [-0.3, -0.25) is 4.79 Å². The highest BCUT2D eigenvalue weighted by Gasteiger charge is 2.10. The Kier molecular flexibility index (Phi) is 4.39. The highest BCUT2D eigenvalue weighted by Crippen LogP contribution is 2.26. The van der Waals surface area contributed by atoms with Gasteiger partial charge in [-0.15, -0.1) is 0 Å². The Morgan fingerprint density at radius 1 is 1.09 bits per heavy atom. The van der Waals surface area contributed by atoms with Crippen molar-refractivity contribution in [3.8, 4) is 16.9 Å². The van der Waals surface area contributed by atoms with Gasteiger partial charge in [0, 0.05) is 27.9 Å². The van der Waals surface area contributed by atoms with Gasteiger partial charge in [0.2, 0.25) is 5.91 Å². The average molecular weight is 368 g/mol. The molecule has 23 heavy (non-hydrogen) atoms. The Morgan fingerprint density at radius 2 is 1.78 bits per heavy atom. The molecule has 4 nitrogen and oxygen atoms in total. The first-order valence-electron chi connectivity index (χ1n) is 7.02. The molecule has 0 unspecified atom stereocenters. The molecule has 1 aromatic heterocycles. The van der Waals surface area contributed by atoms with Gasteiger partial charge in [0.25, 0.3) is 0 Å². The maximum atomic E-state index is 11.0. The van der Waals surface area contributed by atoms with Crippen molar-refractivity contribution in [3.63, 3.8) is 0 Å². The third-order valence-corrected chi connectivity index (χ3v) is 3.84. The van der Waals surface area contributed by atoms with Gasteiger partial charge >= 0.3 is 0 Å². The summed E-state index contributed by atoms with van der Waals surface area (Å²) in [4.78, 5) is 11.0. The summed E-state index contributed by atoms with van der Waals surface area (Å²) in [6.07, 6.45) is 4.91. The summed E-state index contributed by atoms with van der Waals surface area (Å²) in [5.74, 6) is -0.487. The normalized spacial score (nSPS) is 11.0. The molecule has 0 aliphatic heterocycles. The van der Waals surface area contributed by atoms with Crippen LogP contribution in [0.25, 0.3) is 23.0 Å². The zero-order chi connectivity index (χ0) is 16.2. The zero-order valence-electron chi connectivity index (χ0n) is 12.2. The van der Waals surface area contributed by atoms with Crippen LogP contribution < -0.4 is 5.73 Å². The van der Waals surface area contributed by atoms with Crippen molar-refractivity contribution in [3.05, 3.63) is 76.9 Å². The lowest BCUT2D eigenvalue weighted by atomic mass is 10.1. The van der Waals surface area contributed by atoms with Crippen LogP contribution in [0, 0.1) is 0 Å². The van der Waals surface area contributed by atoms with Gasteiger partial charge < -0.3 is 5.73 Å². The molecule has 1 heterocycles. The van der Waals surface area contributed by atoms with E-state index < -0.39 is 5.91 Å². The van der Waals surface area contributed by atoms with E-state index in [-0.39, 0.29) is 0 Å². The van der Waals surface area contributed by atoms with E-state index in [9.17, 15) is 4.79 Å². The SMILES string of the molecule is NC(=O)/C=C\c1cn(-c2ccccc2)nc1-c1ccc(Br)cc1. The number of nitrogens with two attached hydrogens (primary N) is 1. The van der Waals surface area contributed by atoms with E-state index in [0.29, 0.717) is 0 Å². The fraction of sp³-hybridized carbons (Fsp3) is 0. The molecule has 1 amide bonds. The number of primary amides is 1. The maximum absolute atomic E-state index is 11.0. The molecule has 0 spiro atoms. The number of hydrogen-bond acceptors (Lipinski definition) is 2. The van der Waals surface area contributed by atoms with E-state index in [1.165, 1.54) is 6.08 Å². The predicted octanol–water partition coefficient (Wildman–Crippen LogP) is 3.80. The van der Waals surface area contributed by atoms with Crippen molar-refractivity contribution in [2.24, 2.45) is 5.73 Å². The van der Waals surface area contributed by atoms with Crippen molar-refractivity contribution in [1.82, 2.24) is 9.78 Å². The molecule has 0 fully saturated rings. The van der Waals surface area contributed by atoms with Gasteiger partial charge in [-0.1, -0.05) is 46.3 Å². The van der Waals surface area contributed by atoms with Gasteiger partial charge in [-0.05, 0) is 30.3 Å². The van der Waals surface area contributed by atoms with Crippen molar-refractivity contribution in [1.29, 1.82) is 0 Å². The smallest absolute Gasteiger partial charge is 0.241 e. The number of amides is 1. The highest BCUT2D eigenvalue weighted by molar-refractivity contribution is 9.10. The maximum Gasteiger partial charge on any atom is 0.241 e. The van der Waals surface area contributed by atoms with Crippen LogP contribution in [0.15, 0.2) is 71.3 Å². The molecule has 2 aromatic carbocycles. The van der Waals surface area contributed by atoms with Gasteiger partial charge in [0.15, 0.2) is 0 Å². The van der Waals surface area contributed by atoms with Crippen LogP contribution in [0.1, 0.15) is 5.56 Å². The number of benzene rings is 2. The first-order valence-corrected chi connectivity index (χ1v) is 7.81. The lowest BCUT2D eigenvalue weighted by Crippen LogP contribution is -2.05. The summed E-state index contributed by atoms with van der Waals surface area (Å²) in [6.45, 7) is 0. The molecule has 0 saturated heterocycles. The minimum atomic E-state index is -0.487. The number of hydrogen-bond donors (Lipinski definition) is 1. The Morgan fingerprint density at radius 3 is 2.43 bits per heavy atom. The third kappa shape index (κ3) is 3.57. The minimum Gasteiger partial charge on any atom is -0.366 e. The summed E-state index contributed by atoms with van der Waals surface area (Å²) in [7, 11) is 0. The summed E-state index contributed by atoms with van der Waals surface area (Å²) in [6, 6.07) is 17.7. The minimum absolute atomic E-state index is 0.487. The molecular formula is C18H14BrN3O. The largest absolute Gasteiger partial charge is 0.366 e.